The molecule has 2 heteroatoms. The first kappa shape index (κ1) is 10.6. The molecule has 0 aliphatic carbocycles. The number of aromatic amines is 1. The summed E-state index contributed by atoms with van der Waals surface area (Å²) < 4.78 is 1.13. The summed E-state index contributed by atoms with van der Waals surface area (Å²) in [5.41, 5.74) is 3.88. The van der Waals surface area contributed by atoms with E-state index in [1.165, 1.54) is 22.0 Å². The van der Waals surface area contributed by atoms with Crippen LogP contribution >= 0.6 is 15.9 Å². The molecule has 2 aromatic carbocycles. The highest BCUT2D eigenvalue weighted by molar-refractivity contribution is 9.10. The van der Waals surface area contributed by atoms with E-state index in [1.54, 1.807) is 0 Å². The van der Waals surface area contributed by atoms with E-state index in [4.69, 9.17) is 0 Å². The van der Waals surface area contributed by atoms with Crippen molar-refractivity contribution in [3.05, 3.63) is 70.3 Å². The lowest BCUT2D eigenvalue weighted by Crippen LogP contribution is -1.86. The van der Waals surface area contributed by atoms with Gasteiger partial charge in [-0.1, -0.05) is 46.3 Å². The molecular weight excluding hydrogens is 274 g/mol. The van der Waals surface area contributed by atoms with Gasteiger partial charge in [0.2, 0.25) is 0 Å². The van der Waals surface area contributed by atoms with Gasteiger partial charge in [-0.3, -0.25) is 0 Å². The maximum atomic E-state index is 3.51. The van der Waals surface area contributed by atoms with Gasteiger partial charge >= 0.3 is 0 Å². The fourth-order valence-corrected chi connectivity index (χ4v) is 2.59. The number of fused-ring (bicyclic) bond motifs is 1. The molecule has 0 fully saturated rings. The number of halogens is 1. The molecule has 3 rings (SSSR count). The Morgan fingerprint density at radius 2 is 1.88 bits per heavy atom. The van der Waals surface area contributed by atoms with E-state index in [1.807, 2.05) is 0 Å². The molecule has 0 saturated heterocycles. The van der Waals surface area contributed by atoms with Crippen molar-refractivity contribution >= 4 is 26.8 Å². The van der Waals surface area contributed by atoms with E-state index >= 15 is 0 Å². The number of benzene rings is 2. The minimum absolute atomic E-state index is 0.962. The summed E-state index contributed by atoms with van der Waals surface area (Å²) in [6.45, 7) is 0. The summed E-state index contributed by atoms with van der Waals surface area (Å²) in [6.07, 6.45) is 3.06. The minimum atomic E-state index is 0.962. The molecule has 1 N–H and O–H groups in total. The van der Waals surface area contributed by atoms with Gasteiger partial charge in [-0.15, -0.1) is 0 Å². The molecule has 0 bridgehead atoms. The Hall–Kier alpha value is -1.54. The quantitative estimate of drug-likeness (QED) is 0.713. The highest BCUT2D eigenvalue weighted by Crippen LogP contribution is 2.22. The molecular formula is C15H12BrN. The van der Waals surface area contributed by atoms with Gasteiger partial charge in [0.25, 0.3) is 0 Å². The SMILES string of the molecule is Brc1cccc(Cc2c[nH]c3ccccc23)c1. The average Bonchev–Trinajstić information content (AvgIpc) is 2.73. The van der Waals surface area contributed by atoms with E-state index in [2.05, 4.69) is 75.6 Å². The second-order valence-electron chi connectivity index (χ2n) is 4.17. The smallest absolute Gasteiger partial charge is 0.0456 e. The Morgan fingerprint density at radius 3 is 2.76 bits per heavy atom. The first-order valence-electron chi connectivity index (χ1n) is 5.62. The monoisotopic (exact) mass is 285 g/mol. The molecule has 1 heterocycles. The van der Waals surface area contributed by atoms with E-state index < -0.39 is 0 Å². The van der Waals surface area contributed by atoms with Crippen LogP contribution in [0.1, 0.15) is 11.1 Å². The fourth-order valence-electron chi connectivity index (χ4n) is 2.14. The van der Waals surface area contributed by atoms with Crippen molar-refractivity contribution in [2.45, 2.75) is 6.42 Å². The van der Waals surface area contributed by atoms with Crippen molar-refractivity contribution in [2.75, 3.05) is 0 Å². The lowest BCUT2D eigenvalue weighted by molar-refractivity contribution is 1.20. The third-order valence-corrected chi connectivity index (χ3v) is 3.45. The third-order valence-electron chi connectivity index (χ3n) is 2.96. The van der Waals surface area contributed by atoms with Crippen LogP contribution in [0.4, 0.5) is 0 Å². The van der Waals surface area contributed by atoms with Crippen LogP contribution in [0.2, 0.25) is 0 Å². The summed E-state index contributed by atoms with van der Waals surface area (Å²) in [6, 6.07) is 16.9. The summed E-state index contributed by atoms with van der Waals surface area (Å²) in [5.74, 6) is 0. The van der Waals surface area contributed by atoms with E-state index in [-0.39, 0.29) is 0 Å². The summed E-state index contributed by atoms with van der Waals surface area (Å²) in [7, 11) is 0. The van der Waals surface area contributed by atoms with E-state index in [0.717, 1.165) is 10.9 Å². The predicted octanol–water partition coefficient (Wildman–Crippen LogP) is 4.52. The van der Waals surface area contributed by atoms with Crippen molar-refractivity contribution in [1.82, 2.24) is 4.98 Å². The molecule has 0 saturated carbocycles. The van der Waals surface area contributed by atoms with E-state index in [9.17, 15) is 0 Å². The van der Waals surface area contributed by atoms with Crippen LogP contribution in [0, 0.1) is 0 Å². The average molecular weight is 286 g/mol. The van der Waals surface area contributed by atoms with Gasteiger partial charge in [-0.2, -0.15) is 0 Å². The molecule has 84 valence electrons. The Balaban J connectivity index is 2.00. The lowest BCUT2D eigenvalue weighted by atomic mass is 10.0. The van der Waals surface area contributed by atoms with Crippen LogP contribution in [-0.2, 0) is 6.42 Å². The van der Waals surface area contributed by atoms with Gasteiger partial charge in [0, 0.05) is 21.6 Å². The van der Waals surface area contributed by atoms with Crippen LogP contribution in [0.3, 0.4) is 0 Å². The zero-order valence-electron chi connectivity index (χ0n) is 9.28. The van der Waals surface area contributed by atoms with Crippen molar-refractivity contribution < 1.29 is 0 Å². The maximum Gasteiger partial charge on any atom is 0.0456 e. The number of rotatable bonds is 2. The molecule has 0 spiro atoms. The number of hydrogen-bond donors (Lipinski definition) is 1. The zero-order valence-corrected chi connectivity index (χ0v) is 10.9. The molecule has 0 aliphatic heterocycles. The Morgan fingerprint density at radius 1 is 1.00 bits per heavy atom. The van der Waals surface area contributed by atoms with Crippen molar-refractivity contribution in [3.63, 3.8) is 0 Å². The predicted molar refractivity (Wildman–Crippen MR) is 75.2 cm³/mol. The Bertz CT molecular complexity index is 655. The minimum Gasteiger partial charge on any atom is -0.361 e. The number of H-pyrrole nitrogens is 1. The maximum absolute atomic E-state index is 3.51. The van der Waals surface area contributed by atoms with Gasteiger partial charge in [0.05, 0.1) is 0 Å². The Labute approximate surface area is 109 Å². The molecule has 0 atom stereocenters. The van der Waals surface area contributed by atoms with Crippen LogP contribution < -0.4 is 0 Å². The number of para-hydroxylation sites is 1. The summed E-state index contributed by atoms with van der Waals surface area (Å²) in [5, 5.41) is 1.31. The molecule has 1 aromatic heterocycles. The second-order valence-corrected chi connectivity index (χ2v) is 5.08. The highest BCUT2D eigenvalue weighted by atomic mass is 79.9. The van der Waals surface area contributed by atoms with Crippen LogP contribution in [0.5, 0.6) is 0 Å². The molecule has 3 aromatic rings. The van der Waals surface area contributed by atoms with Crippen molar-refractivity contribution in [3.8, 4) is 0 Å². The van der Waals surface area contributed by atoms with Crippen LogP contribution in [0.15, 0.2) is 59.2 Å². The number of hydrogen-bond acceptors (Lipinski definition) is 0. The van der Waals surface area contributed by atoms with Crippen LogP contribution in [0.25, 0.3) is 10.9 Å². The largest absolute Gasteiger partial charge is 0.361 e. The molecule has 1 nitrogen and oxygen atoms in total. The standard InChI is InChI=1S/C15H12BrN/c16-13-5-3-4-11(9-13)8-12-10-17-15-7-2-1-6-14(12)15/h1-7,9-10,17H,8H2. The summed E-state index contributed by atoms with van der Waals surface area (Å²) in [4.78, 5) is 3.31. The fraction of sp³-hybridized carbons (Fsp3) is 0.0667. The van der Waals surface area contributed by atoms with Gasteiger partial charge in [-0.05, 0) is 35.7 Å². The molecule has 17 heavy (non-hydrogen) atoms. The summed E-state index contributed by atoms with van der Waals surface area (Å²) >= 11 is 3.51. The second kappa shape index (κ2) is 4.38. The topological polar surface area (TPSA) is 15.8 Å². The zero-order chi connectivity index (χ0) is 11.7. The van der Waals surface area contributed by atoms with Crippen molar-refractivity contribution in [1.29, 1.82) is 0 Å². The first-order chi connectivity index (χ1) is 8.33. The molecule has 0 aliphatic rings. The van der Waals surface area contributed by atoms with Gasteiger partial charge in [0.1, 0.15) is 0 Å². The van der Waals surface area contributed by atoms with Gasteiger partial charge < -0.3 is 4.98 Å². The lowest BCUT2D eigenvalue weighted by Gasteiger charge is -2.01. The third kappa shape index (κ3) is 2.13. The van der Waals surface area contributed by atoms with Gasteiger partial charge in [-0.25, -0.2) is 0 Å². The number of aromatic nitrogens is 1. The van der Waals surface area contributed by atoms with Crippen molar-refractivity contribution in [2.24, 2.45) is 0 Å². The molecule has 0 amide bonds. The Kier molecular flexibility index (Phi) is 2.73. The molecule has 0 radical (unpaired) electrons. The molecule has 0 unspecified atom stereocenters. The first-order valence-corrected chi connectivity index (χ1v) is 6.42. The van der Waals surface area contributed by atoms with E-state index in [0.29, 0.717) is 0 Å². The highest BCUT2D eigenvalue weighted by Gasteiger charge is 2.03. The van der Waals surface area contributed by atoms with Gasteiger partial charge in [0.15, 0.2) is 0 Å². The van der Waals surface area contributed by atoms with Crippen LogP contribution in [-0.4, -0.2) is 4.98 Å². The normalized spacial score (nSPS) is 10.9. The number of nitrogens with one attached hydrogen (secondary N) is 1.